The maximum atomic E-state index is 10.9. The molecule has 0 atom stereocenters. The van der Waals surface area contributed by atoms with Crippen LogP contribution in [0.2, 0.25) is 0 Å². The van der Waals surface area contributed by atoms with Crippen LogP contribution in [0.3, 0.4) is 0 Å². The highest BCUT2D eigenvalue weighted by Gasteiger charge is 2.12. The van der Waals surface area contributed by atoms with E-state index in [-0.39, 0.29) is 0 Å². The van der Waals surface area contributed by atoms with E-state index in [0.717, 1.165) is 20.4 Å². The fraction of sp³-hybridized carbons (Fsp3) is 0.143. The number of carbonyl (C=O) groups is 1. The Morgan fingerprint density at radius 2 is 2.20 bits per heavy atom. The molecule has 0 aliphatic carbocycles. The summed E-state index contributed by atoms with van der Waals surface area (Å²) < 4.78 is 0. The first-order chi connectivity index (χ1) is 9.65. The molecule has 0 aliphatic heterocycles. The minimum atomic E-state index is -0.919. The molecular formula is C14H11NO2S3. The first-order valence-electron chi connectivity index (χ1n) is 5.81. The van der Waals surface area contributed by atoms with Crippen LogP contribution in [0, 0.1) is 11.3 Å². The standard InChI is InChI=1S/C14H11NO2S3/c1-2-18-11-4-3-5-12(10(11)7-15)20-9-6-13(14(16)17)19-8-9/h3-6,8H,2H2,1H3,(H,16,17). The van der Waals surface area contributed by atoms with Crippen molar-refractivity contribution >= 4 is 40.8 Å². The molecule has 3 nitrogen and oxygen atoms in total. The maximum absolute atomic E-state index is 10.9. The molecule has 0 amide bonds. The van der Waals surface area contributed by atoms with Crippen LogP contribution in [0.25, 0.3) is 0 Å². The fourth-order valence-corrected chi connectivity index (χ4v) is 4.30. The normalized spacial score (nSPS) is 10.2. The number of rotatable bonds is 5. The first kappa shape index (κ1) is 15.0. The van der Waals surface area contributed by atoms with E-state index in [1.807, 2.05) is 25.1 Å². The number of hydrogen-bond acceptors (Lipinski definition) is 5. The van der Waals surface area contributed by atoms with Gasteiger partial charge in [-0.25, -0.2) is 4.79 Å². The van der Waals surface area contributed by atoms with Gasteiger partial charge in [-0.3, -0.25) is 0 Å². The van der Waals surface area contributed by atoms with Crippen molar-refractivity contribution in [3.8, 4) is 6.07 Å². The summed E-state index contributed by atoms with van der Waals surface area (Å²) in [6.07, 6.45) is 0. The number of hydrogen-bond donors (Lipinski definition) is 1. The van der Waals surface area contributed by atoms with Gasteiger partial charge in [-0.15, -0.1) is 23.1 Å². The zero-order valence-electron chi connectivity index (χ0n) is 10.6. The third-order valence-electron chi connectivity index (χ3n) is 2.41. The number of aromatic carboxylic acids is 1. The number of nitrogens with zero attached hydrogens (tertiary/aromatic N) is 1. The van der Waals surface area contributed by atoms with Crippen LogP contribution in [0.1, 0.15) is 22.2 Å². The van der Waals surface area contributed by atoms with Crippen LogP contribution in [0.4, 0.5) is 0 Å². The van der Waals surface area contributed by atoms with Crippen molar-refractivity contribution in [2.45, 2.75) is 21.6 Å². The minimum absolute atomic E-state index is 0.310. The number of thiophene rings is 1. The summed E-state index contributed by atoms with van der Waals surface area (Å²) in [4.78, 5) is 13.9. The lowest BCUT2D eigenvalue weighted by atomic mass is 10.2. The Bertz CT molecular complexity index is 673. The van der Waals surface area contributed by atoms with Crippen LogP contribution in [-0.2, 0) is 0 Å². The summed E-state index contributed by atoms with van der Waals surface area (Å²) >= 11 is 4.26. The summed E-state index contributed by atoms with van der Waals surface area (Å²) in [6.45, 7) is 2.05. The second-order valence-electron chi connectivity index (χ2n) is 3.73. The number of thioether (sulfide) groups is 1. The summed E-state index contributed by atoms with van der Waals surface area (Å²) in [5.74, 6) is -0.0117. The van der Waals surface area contributed by atoms with Gasteiger partial charge in [0, 0.05) is 20.1 Å². The number of nitriles is 1. The molecule has 0 bridgehead atoms. The molecule has 0 aliphatic rings. The van der Waals surface area contributed by atoms with E-state index in [1.165, 1.54) is 23.1 Å². The molecular weight excluding hydrogens is 310 g/mol. The predicted molar refractivity (Wildman–Crippen MR) is 83.0 cm³/mol. The van der Waals surface area contributed by atoms with Gasteiger partial charge in [0.1, 0.15) is 10.9 Å². The van der Waals surface area contributed by atoms with Gasteiger partial charge in [-0.1, -0.05) is 24.8 Å². The molecule has 0 unspecified atom stereocenters. The van der Waals surface area contributed by atoms with Gasteiger partial charge in [-0.2, -0.15) is 5.26 Å². The second kappa shape index (κ2) is 6.84. The van der Waals surface area contributed by atoms with E-state index in [4.69, 9.17) is 5.11 Å². The SMILES string of the molecule is CCSc1cccc(Sc2csc(C(=O)O)c2)c1C#N. The lowest BCUT2D eigenvalue weighted by Gasteiger charge is -2.06. The largest absolute Gasteiger partial charge is 0.477 e. The molecule has 2 rings (SSSR count). The molecule has 0 fully saturated rings. The first-order valence-corrected chi connectivity index (χ1v) is 8.49. The smallest absolute Gasteiger partial charge is 0.345 e. The Morgan fingerprint density at radius 1 is 1.45 bits per heavy atom. The van der Waals surface area contributed by atoms with Crippen molar-refractivity contribution in [2.24, 2.45) is 0 Å². The maximum Gasteiger partial charge on any atom is 0.345 e. The van der Waals surface area contributed by atoms with Crippen molar-refractivity contribution < 1.29 is 9.90 Å². The van der Waals surface area contributed by atoms with Crippen LogP contribution in [0.5, 0.6) is 0 Å². The van der Waals surface area contributed by atoms with Gasteiger partial charge < -0.3 is 5.11 Å². The fourth-order valence-electron chi connectivity index (χ4n) is 1.59. The van der Waals surface area contributed by atoms with E-state index < -0.39 is 5.97 Å². The van der Waals surface area contributed by atoms with Gasteiger partial charge in [0.2, 0.25) is 0 Å². The molecule has 0 saturated heterocycles. The van der Waals surface area contributed by atoms with E-state index in [9.17, 15) is 10.1 Å². The molecule has 20 heavy (non-hydrogen) atoms. The highest BCUT2D eigenvalue weighted by molar-refractivity contribution is 8.00. The van der Waals surface area contributed by atoms with Gasteiger partial charge in [0.15, 0.2) is 0 Å². The van der Waals surface area contributed by atoms with Crippen LogP contribution in [0.15, 0.2) is 44.3 Å². The van der Waals surface area contributed by atoms with Crippen molar-refractivity contribution in [2.75, 3.05) is 5.75 Å². The van der Waals surface area contributed by atoms with Crippen LogP contribution < -0.4 is 0 Å². The molecule has 102 valence electrons. The summed E-state index contributed by atoms with van der Waals surface area (Å²) in [7, 11) is 0. The average Bonchev–Trinajstić information content (AvgIpc) is 2.88. The zero-order chi connectivity index (χ0) is 14.5. The summed E-state index contributed by atoms with van der Waals surface area (Å²) in [5, 5.41) is 20.1. The second-order valence-corrected chi connectivity index (χ2v) is 7.06. The van der Waals surface area contributed by atoms with Crippen molar-refractivity contribution in [3.05, 3.63) is 40.1 Å². The van der Waals surface area contributed by atoms with E-state index in [2.05, 4.69) is 6.07 Å². The lowest BCUT2D eigenvalue weighted by Crippen LogP contribution is -1.90. The monoisotopic (exact) mass is 321 g/mol. The van der Waals surface area contributed by atoms with E-state index in [0.29, 0.717) is 10.4 Å². The molecule has 0 spiro atoms. The molecule has 1 N–H and O–H groups in total. The summed E-state index contributed by atoms with van der Waals surface area (Å²) in [5.41, 5.74) is 0.660. The van der Waals surface area contributed by atoms with E-state index in [1.54, 1.807) is 23.2 Å². The molecule has 0 radical (unpaired) electrons. The average molecular weight is 321 g/mol. The van der Waals surface area contributed by atoms with Crippen molar-refractivity contribution in [1.29, 1.82) is 5.26 Å². The quantitative estimate of drug-likeness (QED) is 0.817. The van der Waals surface area contributed by atoms with Gasteiger partial charge in [0.25, 0.3) is 0 Å². The van der Waals surface area contributed by atoms with Crippen LogP contribution in [-0.4, -0.2) is 16.8 Å². The zero-order valence-corrected chi connectivity index (χ0v) is 13.1. The Hall–Kier alpha value is -1.42. The molecule has 6 heteroatoms. The topological polar surface area (TPSA) is 61.1 Å². The molecule has 1 aromatic carbocycles. The number of carboxylic acid groups (broad SMARTS) is 1. The third-order valence-corrected chi connectivity index (χ3v) is 5.45. The highest BCUT2D eigenvalue weighted by Crippen LogP contribution is 2.36. The highest BCUT2D eigenvalue weighted by atomic mass is 32.2. The number of benzene rings is 1. The molecule has 0 saturated carbocycles. The van der Waals surface area contributed by atoms with E-state index >= 15 is 0 Å². The molecule has 2 aromatic rings. The van der Waals surface area contributed by atoms with Crippen molar-refractivity contribution in [3.63, 3.8) is 0 Å². The lowest BCUT2D eigenvalue weighted by molar-refractivity contribution is 0.0702. The molecule has 1 aromatic heterocycles. The Morgan fingerprint density at radius 3 is 2.80 bits per heavy atom. The minimum Gasteiger partial charge on any atom is -0.477 e. The van der Waals surface area contributed by atoms with Crippen LogP contribution >= 0.6 is 34.9 Å². The van der Waals surface area contributed by atoms with Crippen molar-refractivity contribution in [1.82, 2.24) is 0 Å². The van der Waals surface area contributed by atoms with Gasteiger partial charge in [-0.05, 0) is 24.0 Å². The Labute approximate surface area is 129 Å². The predicted octanol–water partition coefficient (Wildman–Crippen LogP) is 4.58. The number of carboxylic acids is 1. The van der Waals surface area contributed by atoms with Gasteiger partial charge >= 0.3 is 5.97 Å². The summed E-state index contributed by atoms with van der Waals surface area (Å²) in [6, 6.07) is 9.63. The third kappa shape index (κ3) is 3.37. The Balaban J connectivity index is 2.30. The Kier molecular flexibility index (Phi) is 5.12. The van der Waals surface area contributed by atoms with Gasteiger partial charge in [0.05, 0.1) is 5.56 Å². The molecule has 1 heterocycles.